The predicted molar refractivity (Wildman–Crippen MR) is 125 cm³/mol. The van der Waals surface area contributed by atoms with Gasteiger partial charge in [0, 0.05) is 21.7 Å². The van der Waals surface area contributed by atoms with E-state index in [4.69, 9.17) is 0 Å². The van der Waals surface area contributed by atoms with Crippen molar-refractivity contribution in [2.24, 2.45) is 0 Å². The molecule has 0 saturated heterocycles. The van der Waals surface area contributed by atoms with Gasteiger partial charge in [-0.3, -0.25) is 0 Å². The minimum Gasteiger partial charge on any atom is -0.168 e. The number of benzene rings is 3. The first-order chi connectivity index (χ1) is 11.7. The zero-order valence-electron chi connectivity index (χ0n) is 15.9. The van der Waals surface area contributed by atoms with Crippen LogP contribution in [0, 0.1) is 13.8 Å². The Balaban J connectivity index is 0.00000182. The maximum atomic E-state index is 2.31. The third kappa shape index (κ3) is 5.47. The van der Waals surface area contributed by atoms with Gasteiger partial charge in [0.25, 0.3) is 0 Å². The summed E-state index contributed by atoms with van der Waals surface area (Å²) in [4.78, 5) is 0. The maximum absolute atomic E-state index is 2.31. The molecule has 0 N–H and O–H groups in total. The zero-order valence-corrected chi connectivity index (χ0v) is 19.9. The molecule has 0 radical (unpaired) electrons. The summed E-state index contributed by atoms with van der Waals surface area (Å²) in [5.41, 5.74) is 6.72. The fourth-order valence-corrected chi connectivity index (χ4v) is 3.68. The van der Waals surface area contributed by atoms with Crippen molar-refractivity contribution in [3.8, 4) is 0 Å². The van der Waals surface area contributed by atoms with Gasteiger partial charge in [0.2, 0.25) is 0 Å². The summed E-state index contributed by atoms with van der Waals surface area (Å²) in [5.74, 6) is 0.268. The Morgan fingerprint density at radius 2 is 1.18 bits per heavy atom. The van der Waals surface area contributed by atoms with Gasteiger partial charge in [-0.15, -0.1) is 77.8 Å². The van der Waals surface area contributed by atoms with Crippen molar-refractivity contribution in [1.29, 1.82) is 0 Å². The molecule has 0 heterocycles. The van der Waals surface area contributed by atoms with Gasteiger partial charge in [-0.2, -0.15) is 6.07 Å². The van der Waals surface area contributed by atoms with Gasteiger partial charge in [-0.25, -0.2) is 0 Å². The van der Waals surface area contributed by atoms with Crippen molar-refractivity contribution in [3.05, 3.63) is 113 Å². The van der Waals surface area contributed by atoms with E-state index in [0.29, 0.717) is 0 Å². The van der Waals surface area contributed by atoms with Crippen molar-refractivity contribution < 1.29 is 21.7 Å². The molecule has 0 nitrogen and oxygen atoms in total. The van der Waals surface area contributed by atoms with Crippen LogP contribution in [0.2, 0.25) is 0 Å². The molecule has 4 aromatic rings. The average Bonchev–Trinajstić information content (AvgIpc) is 2.99. The molecular formula is C24H24Cl3Ti-. The van der Waals surface area contributed by atoms with E-state index in [2.05, 4.69) is 98.8 Å². The van der Waals surface area contributed by atoms with Crippen LogP contribution in [0.3, 0.4) is 0 Å². The van der Waals surface area contributed by atoms with E-state index in [1.165, 1.54) is 38.6 Å². The Labute approximate surface area is 201 Å². The maximum Gasteiger partial charge on any atom is 0 e. The number of rotatable bonds is 3. The van der Waals surface area contributed by atoms with E-state index in [1.807, 2.05) is 0 Å². The molecule has 0 saturated carbocycles. The molecule has 0 aliphatic rings. The standard InChI is InChI=1S/C24H21.3ClH.Ti/c1-17-7-5-10-20(15-17)24(21-11-6-8-18(2)16-21)23-14-13-19-9-3-4-12-22(19)23;;;;/h3-16,24H,1-2H3;3*1H;/q-1;;;;. The quantitative estimate of drug-likeness (QED) is 0.215. The average molecular weight is 467 g/mol. The van der Waals surface area contributed by atoms with Crippen LogP contribution in [0.5, 0.6) is 0 Å². The molecule has 4 aromatic carbocycles. The zero-order chi connectivity index (χ0) is 16.5. The third-order valence-electron chi connectivity index (χ3n) is 4.78. The Morgan fingerprint density at radius 1 is 0.643 bits per heavy atom. The van der Waals surface area contributed by atoms with Crippen molar-refractivity contribution in [3.63, 3.8) is 0 Å². The molecule has 28 heavy (non-hydrogen) atoms. The normalized spacial score (nSPS) is 9.68. The number of hydrogen-bond donors (Lipinski definition) is 0. The Hall–Kier alpha value is -1.15. The second-order valence-corrected chi connectivity index (χ2v) is 6.64. The Kier molecular flexibility index (Phi) is 11.3. The minimum atomic E-state index is 0. The second-order valence-electron chi connectivity index (χ2n) is 6.64. The number of halogens is 3. The molecule has 0 fully saturated rings. The van der Waals surface area contributed by atoms with Crippen molar-refractivity contribution in [2.45, 2.75) is 19.8 Å². The fraction of sp³-hybridized carbons (Fsp3) is 0.125. The smallest absolute Gasteiger partial charge is 0 e. The topological polar surface area (TPSA) is 0 Å². The molecule has 0 aliphatic heterocycles. The van der Waals surface area contributed by atoms with Gasteiger partial charge >= 0.3 is 0 Å². The van der Waals surface area contributed by atoms with Crippen LogP contribution in [-0.4, -0.2) is 0 Å². The van der Waals surface area contributed by atoms with Crippen LogP contribution in [0.1, 0.15) is 33.7 Å². The van der Waals surface area contributed by atoms with E-state index in [-0.39, 0.29) is 64.9 Å². The molecule has 0 amide bonds. The molecule has 0 aliphatic carbocycles. The molecular weight excluding hydrogens is 442 g/mol. The van der Waals surface area contributed by atoms with E-state index in [1.54, 1.807) is 0 Å². The van der Waals surface area contributed by atoms with Crippen molar-refractivity contribution >= 4 is 48.0 Å². The van der Waals surface area contributed by atoms with Crippen LogP contribution in [0.15, 0.2) is 84.9 Å². The number of hydrogen-bond acceptors (Lipinski definition) is 0. The first-order valence-electron chi connectivity index (χ1n) is 8.50. The van der Waals surface area contributed by atoms with Crippen LogP contribution in [0.25, 0.3) is 10.8 Å². The molecule has 4 rings (SSSR count). The summed E-state index contributed by atoms with van der Waals surface area (Å²) in [6.45, 7) is 4.33. The Morgan fingerprint density at radius 3 is 1.71 bits per heavy atom. The summed E-state index contributed by atoms with van der Waals surface area (Å²) in [7, 11) is 0. The first-order valence-corrected chi connectivity index (χ1v) is 8.50. The van der Waals surface area contributed by atoms with E-state index < -0.39 is 0 Å². The molecule has 0 aromatic heterocycles. The minimum absolute atomic E-state index is 0. The van der Waals surface area contributed by atoms with Crippen LogP contribution in [-0.2, 0) is 21.7 Å². The molecule has 0 atom stereocenters. The monoisotopic (exact) mass is 465 g/mol. The molecule has 0 spiro atoms. The molecule has 4 heteroatoms. The summed E-state index contributed by atoms with van der Waals surface area (Å²) < 4.78 is 0. The van der Waals surface area contributed by atoms with Crippen LogP contribution < -0.4 is 0 Å². The van der Waals surface area contributed by atoms with Gasteiger partial charge in [0.15, 0.2) is 0 Å². The predicted octanol–water partition coefficient (Wildman–Crippen LogP) is 7.62. The third-order valence-corrected chi connectivity index (χ3v) is 4.78. The van der Waals surface area contributed by atoms with Gasteiger partial charge in [0.1, 0.15) is 0 Å². The van der Waals surface area contributed by atoms with Crippen molar-refractivity contribution in [2.75, 3.05) is 0 Å². The summed E-state index contributed by atoms with van der Waals surface area (Å²) >= 11 is 0. The first kappa shape index (κ1) is 26.9. The van der Waals surface area contributed by atoms with E-state index >= 15 is 0 Å². The number of fused-ring (bicyclic) bond motifs is 1. The van der Waals surface area contributed by atoms with Crippen LogP contribution in [0.4, 0.5) is 0 Å². The van der Waals surface area contributed by atoms with E-state index in [9.17, 15) is 0 Å². The molecule has 146 valence electrons. The van der Waals surface area contributed by atoms with Crippen molar-refractivity contribution in [1.82, 2.24) is 0 Å². The van der Waals surface area contributed by atoms with Gasteiger partial charge in [0.05, 0.1) is 0 Å². The molecule has 0 unspecified atom stereocenters. The van der Waals surface area contributed by atoms with E-state index in [0.717, 1.165) is 0 Å². The molecule has 0 bridgehead atoms. The summed E-state index contributed by atoms with van der Waals surface area (Å²) in [5, 5.41) is 2.67. The summed E-state index contributed by atoms with van der Waals surface area (Å²) in [6, 6.07) is 31.0. The SMILES string of the molecule is Cc1cccc(C(c2cccc(C)c2)[c-]2ccc3ccccc32)c1.Cl.Cl.Cl.[Ti]. The summed E-state index contributed by atoms with van der Waals surface area (Å²) in [6.07, 6.45) is 0. The largest absolute Gasteiger partial charge is 0.168 e. The number of aryl methyl sites for hydroxylation is 2. The van der Waals surface area contributed by atoms with Crippen LogP contribution >= 0.6 is 37.2 Å². The Bertz CT molecular complexity index is 962. The van der Waals surface area contributed by atoms with Gasteiger partial charge < -0.3 is 0 Å². The van der Waals surface area contributed by atoms with Gasteiger partial charge in [-0.05, 0) is 30.9 Å². The second kappa shape index (κ2) is 11.8. The fourth-order valence-electron chi connectivity index (χ4n) is 3.68. The van der Waals surface area contributed by atoms with Gasteiger partial charge in [-0.1, -0.05) is 65.7 Å².